The van der Waals surface area contributed by atoms with Crippen LogP contribution in [0.1, 0.15) is 23.8 Å². The summed E-state index contributed by atoms with van der Waals surface area (Å²) in [5, 5.41) is 6.79. The highest BCUT2D eigenvalue weighted by atomic mass is 35.5. The zero-order chi connectivity index (χ0) is 10.7. The standard InChI is InChI=1S/C11H17ClN2S/c1-13-9(6-8-4-5-14-7-8)10-2-3-11(12)15-10/h2-3,8-9,13-14H,4-7H2,1H3. The van der Waals surface area contributed by atoms with Gasteiger partial charge in [0.05, 0.1) is 4.34 Å². The van der Waals surface area contributed by atoms with Crippen LogP contribution in [0.3, 0.4) is 0 Å². The Balaban J connectivity index is 1.97. The minimum Gasteiger partial charge on any atom is -0.316 e. The van der Waals surface area contributed by atoms with Crippen molar-refractivity contribution in [2.45, 2.75) is 18.9 Å². The van der Waals surface area contributed by atoms with Gasteiger partial charge in [0.25, 0.3) is 0 Å². The second-order valence-corrected chi connectivity index (χ2v) is 5.82. The van der Waals surface area contributed by atoms with Crippen LogP contribution >= 0.6 is 22.9 Å². The van der Waals surface area contributed by atoms with E-state index in [0.29, 0.717) is 6.04 Å². The second-order valence-electron chi connectivity index (χ2n) is 4.08. The Morgan fingerprint density at radius 2 is 2.53 bits per heavy atom. The van der Waals surface area contributed by atoms with Gasteiger partial charge >= 0.3 is 0 Å². The van der Waals surface area contributed by atoms with E-state index in [1.165, 1.54) is 24.3 Å². The summed E-state index contributed by atoms with van der Waals surface area (Å²) >= 11 is 7.64. The van der Waals surface area contributed by atoms with Crippen LogP contribution in [-0.4, -0.2) is 20.1 Å². The zero-order valence-corrected chi connectivity index (χ0v) is 10.5. The molecule has 0 aliphatic carbocycles. The lowest BCUT2D eigenvalue weighted by Gasteiger charge is -2.18. The summed E-state index contributed by atoms with van der Waals surface area (Å²) in [6.07, 6.45) is 2.51. The number of thiophene rings is 1. The van der Waals surface area contributed by atoms with Gasteiger partial charge in [-0.3, -0.25) is 0 Å². The maximum Gasteiger partial charge on any atom is 0.0931 e. The van der Waals surface area contributed by atoms with Crippen molar-refractivity contribution in [2.24, 2.45) is 5.92 Å². The van der Waals surface area contributed by atoms with E-state index >= 15 is 0 Å². The lowest BCUT2D eigenvalue weighted by Crippen LogP contribution is -2.20. The molecule has 1 fully saturated rings. The maximum atomic E-state index is 5.96. The Kier molecular flexibility index (Phi) is 4.03. The molecule has 15 heavy (non-hydrogen) atoms. The first-order chi connectivity index (χ1) is 7.29. The third-order valence-electron chi connectivity index (χ3n) is 3.02. The number of halogens is 1. The Morgan fingerprint density at radius 1 is 1.67 bits per heavy atom. The van der Waals surface area contributed by atoms with Gasteiger partial charge in [0.1, 0.15) is 0 Å². The molecule has 1 aromatic rings. The molecule has 0 amide bonds. The molecule has 2 unspecified atom stereocenters. The van der Waals surface area contributed by atoms with Gasteiger partial charge in [-0.15, -0.1) is 11.3 Å². The van der Waals surface area contributed by atoms with Crippen LogP contribution in [0.25, 0.3) is 0 Å². The Labute approximate surface area is 100 Å². The van der Waals surface area contributed by atoms with Crippen LogP contribution in [0, 0.1) is 5.92 Å². The third-order valence-corrected chi connectivity index (χ3v) is 4.36. The SMILES string of the molecule is CNC(CC1CCNC1)c1ccc(Cl)s1. The maximum absolute atomic E-state index is 5.96. The molecule has 0 spiro atoms. The van der Waals surface area contributed by atoms with Crippen molar-refractivity contribution in [1.82, 2.24) is 10.6 Å². The van der Waals surface area contributed by atoms with E-state index in [-0.39, 0.29) is 0 Å². The molecular weight excluding hydrogens is 228 g/mol. The van der Waals surface area contributed by atoms with Crippen molar-refractivity contribution >= 4 is 22.9 Å². The predicted octanol–water partition coefficient (Wildman–Crippen LogP) is 2.66. The first-order valence-electron chi connectivity index (χ1n) is 5.43. The molecule has 2 N–H and O–H groups in total. The largest absolute Gasteiger partial charge is 0.316 e. The summed E-state index contributed by atoms with van der Waals surface area (Å²) in [7, 11) is 2.03. The van der Waals surface area contributed by atoms with E-state index in [1.54, 1.807) is 11.3 Å². The second kappa shape index (κ2) is 5.30. The van der Waals surface area contributed by atoms with Crippen molar-refractivity contribution in [3.63, 3.8) is 0 Å². The number of rotatable bonds is 4. The smallest absolute Gasteiger partial charge is 0.0931 e. The van der Waals surface area contributed by atoms with Crippen LogP contribution < -0.4 is 10.6 Å². The normalized spacial score (nSPS) is 23.2. The average molecular weight is 245 g/mol. The van der Waals surface area contributed by atoms with Crippen molar-refractivity contribution in [2.75, 3.05) is 20.1 Å². The summed E-state index contributed by atoms with van der Waals surface area (Å²) in [4.78, 5) is 1.36. The molecular formula is C11H17ClN2S. The van der Waals surface area contributed by atoms with E-state index in [4.69, 9.17) is 11.6 Å². The van der Waals surface area contributed by atoms with Crippen LogP contribution in [0.5, 0.6) is 0 Å². The molecule has 0 bridgehead atoms. The van der Waals surface area contributed by atoms with Gasteiger partial charge in [0.15, 0.2) is 0 Å². The Bertz CT molecular complexity index is 307. The highest BCUT2D eigenvalue weighted by Gasteiger charge is 2.20. The number of hydrogen-bond donors (Lipinski definition) is 2. The van der Waals surface area contributed by atoms with E-state index in [9.17, 15) is 0 Å². The molecule has 1 saturated heterocycles. The molecule has 1 aromatic heterocycles. The van der Waals surface area contributed by atoms with E-state index in [2.05, 4.69) is 16.7 Å². The highest BCUT2D eigenvalue weighted by molar-refractivity contribution is 7.16. The number of hydrogen-bond acceptors (Lipinski definition) is 3. The quantitative estimate of drug-likeness (QED) is 0.851. The molecule has 0 radical (unpaired) electrons. The fraction of sp³-hybridized carbons (Fsp3) is 0.636. The predicted molar refractivity (Wildman–Crippen MR) is 66.7 cm³/mol. The van der Waals surface area contributed by atoms with Gasteiger partial charge in [-0.2, -0.15) is 0 Å². The average Bonchev–Trinajstić information content (AvgIpc) is 2.85. The molecule has 84 valence electrons. The van der Waals surface area contributed by atoms with Crippen molar-refractivity contribution in [3.05, 3.63) is 21.3 Å². The van der Waals surface area contributed by atoms with Crippen molar-refractivity contribution in [3.8, 4) is 0 Å². The monoisotopic (exact) mass is 244 g/mol. The molecule has 4 heteroatoms. The van der Waals surface area contributed by atoms with E-state index < -0.39 is 0 Å². The fourth-order valence-electron chi connectivity index (χ4n) is 2.14. The van der Waals surface area contributed by atoms with E-state index in [0.717, 1.165) is 16.8 Å². The van der Waals surface area contributed by atoms with Gasteiger partial charge in [-0.05, 0) is 51.0 Å². The van der Waals surface area contributed by atoms with Crippen LogP contribution in [0.4, 0.5) is 0 Å². The lowest BCUT2D eigenvalue weighted by molar-refractivity contribution is 0.435. The Hall–Kier alpha value is -0.0900. The first kappa shape index (κ1) is 11.4. The summed E-state index contributed by atoms with van der Waals surface area (Å²) in [5.74, 6) is 0.809. The van der Waals surface area contributed by atoms with Gasteiger partial charge in [-0.1, -0.05) is 11.6 Å². The van der Waals surface area contributed by atoms with Gasteiger partial charge in [0.2, 0.25) is 0 Å². The molecule has 2 atom stereocenters. The van der Waals surface area contributed by atoms with Crippen LogP contribution in [0.15, 0.2) is 12.1 Å². The van der Waals surface area contributed by atoms with E-state index in [1.807, 2.05) is 13.1 Å². The minimum atomic E-state index is 0.465. The molecule has 1 aliphatic heterocycles. The van der Waals surface area contributed by atoms with Gasteiger partial charge in [-0.25, -0.2) is 0 Å². The topological polar surface area (TPSA) is 24.1 Å². The lowest BCUT2D eigenvalue weighted by atomic mass is 9.98. The summed E-state index contributed by atoms with van der Waals surface area (Å²) in [6, 6.07) is 4.59. The summed E-state index contributed by atoms with van der Waals surface area (Å²) in [6.45, 7) is 2.34. The van der Waals surface area contributed by atoms with Crippen molar-refractivity contribution < 1.29 is 0 Å². The van der Waals surface area contributed by atoms with Crippen LogP contribution in [-0.2, 0) is 0 Å². The van der Waals surface area contributed by atoms with Gasteiger partial charge in [0, 0.05) is 10.9 Å². The van der Waals surface area contributed by atoms with Crippen LogP contribution in [0.2, 0.25) is 4.34 Å². The molecule has 1 aliphatic rings. The summed E-state index contributed by atoms with van der Waals surface area (Å²) < 4.78 is 0.884. The highest BCUT2D eigenvalue weighted by Crippen LogP contribution is 2.31. The number of nitrogens with one attached hydrogen (secondary N) is 2. The molecule has 2 nitrogen and oxygen atoms in total. The Morgan fingerprint density at radius 3 is 3.07 bits per heavy atom. The zero-order valence-electron chi connectivity index (χ0n) is 8.92. The molecule has 2 rings (SSSR count). The first-order valence-corrected chi connectivity index (χ1v) is 6.62. The summed E-state index contributed by atoms with van der Waals surface area (Å²) in [5.41, 5.74) is 0. The third kappa shape index (κ3) is 2.94. The molecule has 0 aromatic carbocycles. The fourth-order valence-corrected chi connectivity index (χ4v) is 3.32. The van der Waals surface area contributed by atoms with Crippen molar-refractivity contribution in [1.29, 1.82) is 0 Å². The molecule has 2 heterocycles. The minimum absolute atomic E-state index is 0.465. The molecule has 0 saturated carbocycles. The van der Waals surface area contributed by atoms with Gasteiger partial charge < -0.3 is 10.6 Å².